The van der Waals surface area contributed by atoms with Crippen LogP contribution in [0.2, 0.25) is 0 Å². The van der Waals surface area contributed by atoms with Crippen molar-refractivity contribution in [2.24, 2.45) is 10.4 Å². The van der Waals surface area contributed by atoms with Crippen molar-refractivity contribution in [3.8, 4) is 0 Å². The zero-order valence-corrected chi connectivity index (χ0v) is 16.7. The molecule has 1 heterocycles. The van der Waals surface area contributed by atoms with E-state index >= 15 is 0 Å². The molecule has 0 saturated heterocycles. The molecule has 2 N–H and O–H groups in total. The van der Waals surface area contributed by atoms with Crippen LogP contribution >= 0.6 is 24.0 Å². The van der Waals surface area contributed by atoms with Crippen molar-refractivity contribution in [3.63, 3.8) is 0 Å². The first kappa shape index (κ1) is 21.1. The minimum absolute atomic E-state index is 0. The molecule has 0 unspecified atom stereocenters. The second-order valence-corrected chi connectivity index (χ2v) is 6.22. The Morgan fingerprint density at radius 2 is 2.00 bits per heavy atom. The standard InChI is InChI=1S/C17H30N4.HI/c1-5-6-8-11-17(2,3)14-21-16(18-4)20-13-15-10-7-9-12-19-15;/h7,9-10,12H,5-6,8,11,13-14H2,1-4H3,(H2,18,20,21);1H. The number of unbranched alkanes of at least 4 members (excludes halogenated alkanes) is 2. The molecule has 0 aliphatic rings. The van der Waals surface area contributed by atoms with Crippen LogP contribution in [0.4, 0.5) is 0 Å². The Bertz CT molecular complexity index is 418. The minimum Gasteiger partial charge on any atom is -0.356 e. The molecule has 1 rings (SSSR count). The average Bonchev–Trinajstić information content (AvgIpc) is 2.48. The van der Waals surface area contributed by atoms with E-state index in [9.17, 15) is 0 Å². The number of hydrogen-bond acceptors (Lipinski definition) is 2. The normalized spacial score (nSPS) is 11.7. The second-order valence-electron chi connectivity index (χ2n) is 6.22. The summed E-state index contributed by atoms with van der Waals surface area (Å²) in [5, 5.41) is 6.72. The smallest absolute Gasteiger partial charge is 0.191 e. The van der Waals surface area contributed by atoms with Crippen molar-refractivity contribution in [3.05, 3.63) is 30.1 Å². The number of pyridine rings is 1. The highest BCUT2D eigenvalue weighted by atomic mass is 127. The molecule has 0 bridgehead atoms. The fourth-order valence-corrected chi connectivity index (χ4v) is 2.16. The number of nitrogens with one attached hydrogen (secondary N) is 2. The summed E-state index contributed by atoms with van der Waals surface area (Å²) in [6.45, 7) is 8.48. The maximum absolute atomic E-state index is 4.30. The Morgan fingerprint density at radius 1 is 1.23 bits per heavy atom. The molecule has 0 aromatic carbocycles. The summed E-state index contributed by atoms with van der Waals surface area (Å²) in [5.41, 5.74) is 1.31. The number of guanidine groups is 1. The SMILES string of the molecule is CCCCCC(C)(C)CNC(=NC)NCc1ccccn1.I. The second kappa shape index (κ2) is 11.7. The molecule has 5 heteroatoms. The molecule has 1 aromatic rings. The Morgan fingerprint density at radius 3 is 2.59 bits per heavy atom. The van der Waals surface area contributed by atoms with E-state index in [1.165, 1.54) is 25.7 Å². The third-order valence-corrected chi connectivity index (χ3v) is 3.58. The predicted molar refractivity (Wildman–Crippen MR) is 106 cm³/mol. The lowest BCUT2D eigenvalue weighted by atomic mass is 9.87. The van der Waals surface area contributed by atoms with Gasteiger partial charge >= 0.3 is 0 Å². The maximum Gasteiger partial charge on any atom is 0.191 e. The number of aromatic nitrogens is 1. The molecule has 126 valence electrons. The number of halogens is 1. The van der Waals surface area contributed by atoms with Gasteiger partial charge in [0.05, 0.1) is 12.2 Å². The van der Waals surface area contributed by atoms with Gasteiger partial charge in [-0.3, -0.25) is 9.98 Å². The molecule has 0 amide bonds. The summed E-state index contributed by atoms with van der Waals surface area (Å²) in [5.74, 6) is 0.837. The molecule has 0 spiro atoms. The highest BCUT2D eigenvalue weighted by Gasteiger charge is 2.17. The van der Waals surface area contributed by atoms with Crippen LogP contribution < -0.4 is 10.6 Å². The van der Waals surface area contributed by atoms with Crippen molar-refractivity contribution < 1.29 is 0 Å². The number of aliphatic imine (C=N–C) groups is 1. The van der Waals surface area contributed by atoms with Gasteiger partial charge in [0.2, 0.25) is 0 Å². The van der Waals surface area contributed by atoms with E-state index in [1.54, 1.807) is 7.05 Å². The van der Waals surface area contributed by atoms with E-state index in [2.05, 4.69) is 41.4 Å². The van der Waals surface area contributed by atoms with Crippen molar-refractivity contribution in [1.82, 2.24) is 15.6 Å². The average molecular weight is 418 g/mol. The predicted octanol–water partition coefficient (Wildman–Crippen LogP) is 3.97. The number of rotatable bonds is 8. The van der Waals surface area contributed by atoms with Gasteiger partial charge in [0, 0.05) is 19.8 Å². The van der Waals surface area contributed by atoms with Gasteiger partial charge in [-0.1, -0.05) is 46.1 Å². The summed E-state index contributed by atoms with van der Waals surface area (Å²) in [6.07, 6.45) is 6.94. The maximum atomic E-state index is 4.30. The van der Waals surface area contributed by atoms with Crippen LogP contribution in [0.15, 0.2) is 29.4 Å². The van der Waals surface area contributed by atoms with Crippen LogP contribution in [-0.4, -0.2) is 24.5 Å². The lowest BCUT2D eigenvalue weighted by molar-refractivity contribution is 0.318. The van der Waals surface area contributed by atoms with Gasteiger partial charge in [-0.25, -0.2) is 0 Å². The zero-order valence-electron chi connectivity index (χ0n) is 14.4. The molecule has 22 heavy (non-hydrogen) atoms. The van der Waals surface area contributed by atoms with Crippen molar-refractivity contribution in [1.29, 1.82) is 0 Å². The molecule has 0 saturated carbocycles. The highest BCUT2D eigenvalue weighted by molar-refractivity contribution is 14.0. The topological polar surface area (TPSA) is 49.3 Å². The fraction of sp³-hybridized carbons (Fsp3) is 0.647. The Hall–Kier alpha value is -0.850. The van der Waals surface area contributed by atoms with Crippen LogP contribution in [-0.2, 0) is 6.54 Å². The lowest BCUT2D eigenvalue weighted by Gasteiger charge is -2.26. The van der Waals surface area contributed by atoms with Gasteiger partial charge in [0.15, 0.2) is 5.96 Å². The highest BCUT2D eigenvalue weighted by Crippen LogP contribution is 2.22. The Labute approximate surface area is 152 Å². The molecular formula is C17H31IN4. The number of hydrogen-bond donors (Lipinski definition) is 2. The van der Waals surface area contributed by atoms with E-state index in [4.69, 9.17) is 0 Å². The van der Waals surface area contributed by atoms with E-state index in [0.717, 1.165) is 18.2 Å². The summed E-state index contributed by atoms with van der Waals surface area (Å²) in [6, 6.07) is 5.93. The van der Waals surface area contributed by atoms with Crippen LogP contribution in [0.5, 0.6) is 0 Å². The van der Waals surface area contributed by atoms with Crippen LogP contribution in [0.25, 0.3) is 0 Å². The molecule has 0 fully saturated rings. The van der Waals surface area contributed by atoms with Gasteiger partial charge in [-0.05, 0) is 24.0 Å². The van der Waals surface area contributed by atoms with E-state index in [1.807, 2.05) is 24.4 Å². The number of nitrogens with zero attached hydrogens (tertiary/aromatic N) is 2. The third-order valence-electron chi connectivity index (χ3n) is 3.58. The molecule has 1 aromatic heterocycles. The van der Waals surface area contributed by atoms with Crippen molar-refractivity contribution in [2.45, 2.75) is 53.0 Å². The van der Waals surface area contributed by atoms with E-state index in [-0.39, 0.29) is 29.4 Å². The lowest BCUT2D eigenvalue weighted by Crippen LogP contribution is -2.41. The monoisotopic (exact) mass is 418 g/mol. The molecular weight excluding hydrogens is 387 g/mol. The molecule has 0 radical (unpaired) electrons. The molecule has 0 aliphatic heterocycles. The minimum atomic E-state index is 0. The van der Waals surface area contributed by atoms with E-state index < -0.39 is 0 Å². The molecule has 4 nitrogen and oxygen atoms in total. The van der Waals surface area contributed by atoms with Crippen molar-refractivity contribution >= 4 is 29.9 Å². The van der Waals surface area contributed by atoms with Gasteiger partial charge < -0.3 is 10.6 Å². The van der Waals surface area contributed by atoms with Crippen LogP contribution in [0.1, 0.15) is 52.1 Å². The first-order chi connectivity index (χ1) is 10.1. The largest absolute Gasteiger partial charge is 0.356 e. The Balaban J connectivity index is 0.00000441. The van der Waals surface area contributed by atoms with Crippen LogP contribution in [0, 0.1) is 5.41 Å². The summed E-state index contributed by atoms with van der Waals surface area (Å²) in [4.78, 5) is 8.57. The quantitative estimate of drug-likeness (QED) is 0.291. The van der Waals surface area contributed by atoms with Gasteiger partial charge in [-0.15, -0.1) is 24.0 Å². The van der Waals surface area contributed by atoms with Gasteiger partial charge in [0.25, 0.3) is 0 Å². The molecule has 0 atom stereocenters. The summed E-state index contributed by atoms with van der Waals surface area (Å²) in [7, 11) is 1.80. The molecule has 0 aliphatic carbocycles. The summed E-state index contributed by atoms with van der Waals surface area (Å²) >= 11 is 0. The van der Waals surface area contributed by atoms with Crippen LogP contribution in [0.3, 0.4) is 0 Å². The van der Waals surface area contributed by atoms with Gasteiger partial charge in [0.1, 0.15) is 0 Å². The Kier molecular flexibility index (Phi) is 11.2. The van der Waals surface area contributed by atoms with Gasteiger partial charge in [-0.2, -0.15) is 0 Å². The first-order valence-electron chi connectivity index (χ1n) is 7.92. The van der Waals surface area contributed by atoms with Crippen molar-refractivity contribution in [2.75, 3.05) is 13.6 Å². The zero-order chi connectivity index (χ0) is 15.6. The third kappa shape index (κ3) is 9.23. The van der Waals surface area contributed by atoms with E-state index in [0.29, 0.717) is 6.54 Å². The summed E-state index contributed by atoms with van der Waals surface area (Å²) < 4.78 is 0. The fourth-order valence-electron chi connectivity index (χ4n) is 2.16. The first-order valence-corrected chi connectivity index (χ1v) is 7.92.